The highest BCUT2D eigenvalue weighted by Crippen LogP contribution is 2.23. The molecule has 13 heavy (non-hydrogen) atoms. The van der Waals surface area contributed by atoms with E-state index in [1.165, 1.54) is 36.0 Å². The van der Waals surface area contributed by atoms with Gasteiger partial charge in [0.25, 0.3) is 0 Å². The zero-order valence-electron chi connectivity index (χ0n) is 7.79. The third-order valence-corrected chi connectivity index (χ3v) is 2.57. The van der Waals surface area contributed by atoms with E-state index in [0.29, 0.717) is 6.54 Å². The highest BCUT2D eigenvalue weighted by molar-refractivity contribution is 5.52. The summed E-state index contributed by atoms with van der Waals surface area (Å²) in [5, 5.41) is 0. The van der Waals surface area contributed by atoms with E-state index in [1.54, 1.807) is 0 Å². The second kappa shape index (κ2) is 3.75. The van der Waals surface area contributed by atoms with Crippen molar-refractivity contribution in [2.45, 2.75) is 19.3 Å². The number of rotatable bonds is 2. The summed E-state index contributed by atoms with van der Waals surface area (Å²) in [6, 6.07) is 6.71. The third kappa shape index (κ3) is 1.81. The summed E-state index contributed by atoms with van der Waals surface area (Å²) in [5.74, 6) is 0. The van der Waals surface area contributed by atoms with Crippen LogP contribution in [0.5, 0.6) is 0 Å². The van der Waals surface area contributed by atoms with Crippen molar-refractivity contribution in [3.05, 3.63) is 41.0 Å². The van der Waals surface area contributed by atoms with Crippen LogP contribution in [0, 0.1) is 0 Å². The standard InChI is InChI=1S/C12H15N/c13-8-2-3-10-6-7-11-4-1-5-12(11)9-10/h2-3,6-7,9H,1,4-5,8,13H2/b3-2+. The first kappa shape index (κ1) is 8.52. The minimum Gasteiger partial charge on any atom is -0.327 e. The molecule has 0 aliphatic heterocycles. The maximum absolute atomic E-state index is 5.40. The van der Waals surface area contributed by atoms with Crippen molar-refractivity contribution in [3.8, 4) is 0 Å². The Labute approximate surface area is 79.3 Å². The fourth-order valence-electron chi connectivity index (χ4n) is 1.90. The zero-order chi connectivity index (χ0) is 9.10. The lowest BCUT2D eigenvalue weighted by molar-refractivity contribution is 0.912. The summed E-state index contributed by atoms with van der Waals surface area (Å²) in [6.45, 7) is 0.622. The quantitative estimate of drug-likeness (QED) is 0.728. The molecule has 2 rings (SSSR count). The van der Waals surface area contributed by atoms with Crippen molar-refractivity contribution in [2.24, 2.45) is 5.73 Å². The summed E-state index contributed by atoms with van der Waals surface area (Å²) in [4.78, 5) is 0. The molecule has 1 heteroatoms. The van der Waals surface area contributed by atoms with E-state index in [4.69, 9.17) is 5.73 Å². The van der Waals surface area contributed by atoms with Gasteiger partial charge >= 0.3 is 0 Å². The van der Waals surface area contributed by atoms with Crippen molar-refractivity contribution in [1.82, 2.24) is 0 Å². The maximum Gasteiger partial charge on any atom is 0.0110 e. The summed E-state index contributed by atoms with van der Waals surface area (Å²) in [7, 11) is 0. The molecule has 0 heterocycles. The summed E-state index contributed by atoms with van der Waals surface area (Å²) in [6.07, 6.45) is 7.92. The SMILES string of the molecule is NC/C=C/c1ccc2c(c1)CCC2. The number of benzene rings is 1. The number of nitrogens with two attached hydrogens (primary N) is 1. The molecule has 1 aliphatic rings. The van der Waals surface area contributed by atoms with Crippen molar-refractivity contribution in [2.75, 3.05) is 6.54 Å². The van der Waals surface area contributed by atoms with Gasteiger partial charge in [-0.25, -0.2) is 0 Å². The van der Waals surface area contributed by atoms with E-state index < -0.39 is 0 Å². The van der Waals surface area contributed by atoms with E-state index >= 15 is 0 Å². The van der Waals surface area contributed by atoms with Gasteiger partial charge in [0.2, 0.25) is 0 Å². The van der Waals surface area contributed by atoms with E-state index in [-0.39, 0.29) is 0 Å². The van der Waals surface area contributed by atoms with Crippen LogP contribution in [0.2, 0.25) is 0 Å². The molecule has 0 saturated heterocycles. The molecular weight excluding hydrogens is 158 g/mol. The first-order valence-corrected chi connectivity index (χ1v) is 4.88. The Morgan fingerprint density at radius 1 is 1.23 bits per heavy atom. The highest BCUT2D eigenvalue weighted by Gasteiger charge is 2.09. The van der Waals surface area contributed by atoms with E-state index in [1.807, 2.05) is 6.08 Å². The van der Waals surface area contributed by atoms with Crippen LogP contribution < -0.4 is 5.73 Å². The minimum atomic E-state index is 0.622. The molecule has 68 valence electrons. The summed E-state index contributed by atoms with van der Waals surface area (Å²) in [5.41, 5.74) is 9.75. The van der Waals surface area contributed by atoms with Crippen LogP contribution in [0.4, 0.5) is 0 Å². The largest absolute Gasteiger partial charge is 0.327 e. The first-order chi connectivity index (χ1) is 6.40. The van der Waals surface area contributed by atoms with E-state index in [0.717, 1.165) is 0 Å². The molecule has 1 aliphatic carbocycles. The molecule has 0 spiro atoms. The van der Waals surface area contributed by atoms with Gasteiger partial charge in [-0.05, 0) is 36.0 Å². The molecular formula is C12H15N. The molecule has 2 N–H and O–H groups in total. The average Bonchev–Trinajstić information content (AvgIpc) is 2.61. The molecule has 0 fully saturated rings. The van der Waals surface area contributed by atoms with Gasteiger partial charge in [-0.1, -0.05) is 30.4 Å². The van der Waals surface area contributed by atoms with Crippen LogP contribution in [0.15, 0.2) is 24.3 Å². The van der Waals surface area contributed by atoms with E-state index in [9.17, 15) is 0 Å². The van der Waals surface area contributed by atoms with Crippen molar-refractivity contribution >= 4 is 6.08 Å². The topological polar surface area (TPSA) is 26.0 Å². The Hall–Kier alpha value is -1.08. The number of fused-ring (bicyclic) bond motifs is 1. The monoisotopic (exact) mass is 173 g/mol. The minimum absolute atomic E-state index is 0.622. The van der Waals surface area contributed by atoms with Crippen LogP contribution in [0.25, 0.3) is 6.08 Å². The maximum atomic E-state index is 5.40. The number of hydrogen-bond acceptors (Lipinski definition) is 1. The van der Waals surface area contributed by atoms with Crippen molar-refractivity contribution in [3.63, 3.8) is 0 Å². The Morgan fingerprint density at radius 3 is 2.92 bits per heavy atom. The first-order valence-electron chi connectivity index (χ1n) is 4.88. The predicted octanol–water partition coefficient (Wildman–Crippen LogP) is 2.15. The van der Waals surface area contributed by atoms with Gasteiger partial charge in [0.05, 0.1) is 0 Å². The molecule has 1 nitrogen and oxygen atoms in total. The predicted molar refractivity (Wildman–Crippen MR) is 56.6 cm³/mol. The number of aryl methyl sites for hydroxylation is 2. The fraction of sp³-hybridized carbons (Fsp3) is 0.333. The van der Waals surface area contributed by atoms with Crippen LogP contribution in [-0.2, 0) is 12.8 Å². The lowest BCUT2D eigenvalue weighted by atomic mass is 10.1. The smallest absolute Gasteiger partial charge is 0.0110 e. The third-order valence-electron chi connectivity index (χ3n) is 2.57. The molecule has 0 atom stereocenters. The molecule has 0 amide bonds. The average molecular weight is 173 g/mol. The zero-order valence-corrected chi connectivity index (χ0v) is 7.79. The molecule has 0 aromatic heterocycles. The Balaban J connectivity index is 2.25. The molecule has 0 saturated carbocycles. The second-order valence-electron chi connectivity index (χ2n) is 3.52. The van der Waals surface area contributed by atoms with Crippen LogP contribution >= 0.6 is 0 Å². The summed E-state index contributed by atoms with van der Waals surface area (Å²) >= 11 is 0. The van der Waals surface area contributed by atoms with Gasteiger partial charge in [0, 0.05) is 6.54 Å². The molecule has 0 bridgehead atoms. The van der Waals surface area contributed by atoms with Crippen molar-refractivity contribution < 1.29 is 0 Å². The second-order valence-corrected chi connectivity index (χ2v) is 3.52. The van der Waals surface area contributed by atoms with E-state index in [2.05, 4.69) is 24.3 Å². The number of hydrogen-bond donors (Lipinski definition) is 1. The van der Waals surface area contributed by atoms with Gasteiger partial charge in [-0.15, -0.1) is 0 Å². The summed E-state index contributed by atoms with van der Waals surface area (Å²) < 4.78 is 0. The molecule has 0 radical (unpaired) electrons. The van der Waals surface area contributed by atoms with Gasteiger partial charge in [0.15, 0.2) is 0 Å². The van der Waals surface area contributed by atoms with Gasteiger partial charge in [-0.3, -0.25) is 0 Å². The van der Waals surface area contributed by atoms with Crippen LogP contribution in [0.3, 0.4) is 0 Å². The highest BCUT2D eigenvalue weighted by atomic mass is 14.5. The normalized spacial score (nSPS) is 15.2. The molecule has 0 unspecified atom stereocenters. The van der Waals surface area contributed by atoms with Crippen molar-refractivity contribution in [1.29, 1.82) is 0 Å². The van der Waals surface area contributed by atoms with Gasteiger partial charge < -0.3 is 5.73 Å². The van der Waals surface area contributed by atoms with Crippen LogP contribution in [-0.4, -0.2) is 6.54 Å². The van der Waals surface area contributed by atoms with Gasteiger partial charge in [0.1, 0.15) is 0 Å². The Morgan fingerprint density at radius 2 is 2.08 bits per heavy atom. The molecule has 1 aromatic rings. The van der Waals surface area contributed by atoms with Crippen LogP contribution in [0.1, 0.15) is 23.1 Å². The Bertz CT molecular complexity index is 326. The van der Waals surface area contributed by atoms with Gasteiger partial charge in [-0.2, -0.15) is 0 Å². The lowest BCUT2D eigenvalue weighted by Crippen LogP contribution is -1.92. The molecule has 1 aromatic carbocycles. The lowest BCUT2D eigenvalue weighted by Gasteiger charge is -1.99. The fourth-order valence-corrected chi connectivity index (χ4v) is 1.90. The Kier molecular flexibility index (Phi) is 2.46.